The van der Waals surface area contributed by atoms with Crippen molar-refractivity contribution in [2.45, 2.75) is 4.90 Å². The van der Waals surface area contributed by atoms with Crippen molar-refractivity contribution >= 4 is 32.8 Å². The molecule has 4 rings (SSSR count). The minimum atomic E-state index is -3.62. The summed E-state index contributed by atoms with van der Waals surface area (Å²) in [4.78, 5) is 8.76. The zero-order valence-electron chi connectivity index (χ0n) is 15.0. The molecule has 0 spiro atoms. The minimum Gasteiger partial charge on any atom is -0.394 e. The molecule has 1 fully saturated rings. The summed E-state index contributed by atoms with van der Waals surface area (Å²) in [6.07, 6.45) is 0. The second-order valence-corrected chi connectivity index (χ2v) is 9.18. The van der Waals surface area contributed by atoms with Crippen LogP contribution in [0.1, 0.15) is 10.4 Å². The van der Waals surface area contributed by atoms with Crippen molar-refractivity contribution in [1.82, 2.24) is 4.90 Å². The van der Waals surface area contributed by atoms with E-state index in [1.807, 2.05) is 18.2 Å². The normalized spacial score (nSPS) is 20.8. The fourth-order valence-corrected chi connectivity index (χ4v) is 5.83. The van der Waals surface area contributed by atoms with Gasteiger partial charge in [0.25, 0.3) is 10.0 Å². The van der Waals surface area contributed by atoms with Gasteiger partial charge in [0.15, 0.2) is 0 Å². The second-order valence-electron chi connectivity index (χ2n) is 6.33. The zero-order valence-corrected chi connectivity index (χ0v) is 16.6. The van der Waals surface area contributed by atoms with E-state index < -0.39 is 10.0 Å². The van der Waals surface area contributed by atoms with E-state index in [4.69, 9.17) is 9.57 Å². The molecule has 9 heteroatoms. The van der Waals surface area contributed by atoms with Crippen LogP contribution in [0.2, 0.25) is 0 Å². The number of rotatable bonds is 4. The first-order chi connectivity index (χ1) is 13.1. The van der Waals surface area contributed by atoms with Gasteiger partial charge in [-0.1, -0.05) is 23.4 Å². The Kier molecular flexibility index (Phi) is 5.18. The molecule has 0 amide bonds. The van der Waals surface area contributed by atoms with Gasteiger partial charge in [-0.25, -0.2) is 8.42 Å². The Balaban J connectivity index is 1.65. The van der Waals surface area contributed by atoms with E-state index >= 15 is 0 Å². The molecule has 0 radical (unpaired) electrons. The molecule has 144 valence electrons. The van der Waals surface area contributed by atoms with E-state index in [0.29, 0.717) is 22.9 Å². The van der Waals surface area contributed by atoms with Crippen molar-refractivity contribution in [1.29, 1.82) is 0 Å². The molecule has 0 unspecified atom stereocenters. The number of nitrogens with zero attached hydrogens (tertiary/aromatic N) is 3. The van der Waals surface area contributed by atoms with Crippen molar-refractivity contribution in [3.63, 3.8) is 0 Å². The van der Waals surface area contributed by atoms with Gasteiger partial charge in [0, 0.05) is 32.2 Å². The Morgan fingerprint density at radius 3 is 2.81 bits per heavy atom. The smallest absolute Gasteiger partial charge is 0.265 e. The van der Waals surface area contributed by atoms with E-state index in [1.165, 1.54) is 15.6 Å². The molecule has 0 atom stereocenters. The molecule has 1 saturated heterocycles. The summed E-state index contributed by atoms with van der Waals surface area (Å²) in [5.41, 5.74) is 1.90. The fourth-order valence-electron chi connectivity index (χ4n) is 3.22. The third-order valence-electron chi connectivity index (χ3n) is 4.74. The number of sulfonamides is 1. The maximum atomic E-state index is 12.9. The van der Waals surface area contributed by atoms with E-state index in [-0.39, 0.29) is 4.90 Å². The van der Waals surface area contributed by atoms with Gasteiger partial charge in [-0.3, -0.25) is 9.21 Å². The van der Waals surface area contributed by atoms with Gasteiger partial charge in [-0.2, -0.15) is 0 Å². The van der Waals surface area contributed by atoms with Gasteiger partial charge in [0.1, 0.15) is 17.2 Å². The van der Waals surface area contributed by atoms with Crippen LogP contribution in [0.25, 0.3) is 0 Å². The first-order valence-corrected chi connectivity index (χ1v) is 11.1. The zero-order chi connectivity index (χ0) is 18.9. The van der Waals surface area contributed by atoms with Crippen LogP contribution < -0.4 is 4.31 Å². The Morgan fingerprint density at radius 2 is 2.00 bits per heavy atom. The minimum absolute atomic E-state index is 0.265. The Hall–Kier alpha value is -1.94. The van der Waals surface area contributed by atoms with Crippen molar-refractivity contribution in [3.05, 3.63) is 46.2 Å². The van der Waals surface area contributed by atoms with Crippen molar-refractivity contribution in [2.24, 2.45) is 5.16 Å². The van der Waals surface area contributed by atoms with Crippen LogP contribution in [0.4, 0.5) is 5.69 Å². The molecule has 0 bridgehead atoms. The van der Waals surface area contributed by atoms with Crippen LogP contribution in [-0.4, -0.2) is 65.5 Å². The Morgan fingerprint density at radius 1 is 1.22 bits per heavy atom. The van der Waals surface area contributed by atoms with E-state index in [1.54, 1.807) is 24.6 Å². The molecule has 2 aliphatic rings. The van der Waals surface area contributed by atoms with Crippen LogP contribution in [0.3, 0.4) is 0 Å². The quantitative estimate of drug-likeness (QED) is 0.573. The summed E-state index contributed by atoms with van der Waals surface area (Å²) >= 11 is 1.36. The van der Waals surface area contributed by atoms with Crippen LogP contribution in [0.5, 0.6) is 0 Å². The monoisotopic (exact) mass is 407 g/mol. The highest BCUT2D eigenvalue weighted by atomic mass is 32.2. The molecule has 7 nitrogen and oxygen atoms in total. The van der Waals surface area contributed by atoms with Crippen LogP contribution in [-0.2, 0) is 19.6 Å². The lowest BCUT2D eigenvalue weighted by atomic mass is 10.1. The molecule has 0 N–H and O–H groups in total. The highest BCUT2D eigenvalue weighted by molar-refractivity contribution is 7.93. The number of benzene rings is 1. The summed E-state index contributed by atoms with van der Waals surface area (Å²) in [6.45, 7) is 4.46. The van der Waals surface area contributed by atoms with Crippen molar-refractivity contribution in [2.75, 3.05) is 50.8 Å². The molecule has 3 heterocycles. The number of hydrogen-bond acceptors (Lipinski definition) is 7. The van der Waals surface area contributed by atoms with Crippen LogP contribution in [0, 0.1) is 0 Å². The van der Waals surface area contributed by atoms with Gasteiger partial charge < -0.3 is 9.57 Å². The van der Waals surface area contributed by atoms with Crippen LogP contribution in [0.15, 0.2) is 45.8 Å². The molecule has 2 aromatic rings. The predicted molar refractivity (Wildman–Crippen MR) is 105 cm³/mol. The number of hydrogen-bond donors (Lipinski definition) is 0. The summed E-state index contributed by atoms with van der Waals surface area (Å²) < 4.78 is 32.5. The Labute approximate surface area is 162 Å². The Bertz CT molecular complexity index is 949. The summed E-state index contributed by atoms with van der Waals surface area (Å²) in [6, 6.07) is 8.98. The molecule has 1 aromatic carbocycles. The number of thiophene rings is 1. The molecule has 0 aliphatic carbocycles. The summed E-state index contributed by atoms with van der Waals surface area (Å²) in [5.74, 6) is 0. The maximum Gasteiger partial charge on any atom is 0.265 e. The van der Waals surface area contributed by atoms with Crippen LogP contribution >= 0.6 is 11.3 Å². The molecule has 2 aliphatic heterocycles. The largest absolute Gasteiger partial charge is 0.394 e. The summed E-state index contributed by atoms with van der Waals surface area (Å²) in [5, 5.41) is 6.13. The highest BCUT2D eigenvalue weighted by Gasteiger charge is 2.34. The molecular weight excluding hydrogens is 386 g/mol. The van der Waals surface area contributed by atoms with E-state index in [9.17, 15) is 8.42 Å². The molecule has 0 saturated carbocycles. The number of morpholine rings is 1. The lowest BCUT2D eigenvalue weighted by molar-refractivity contribution is 0.0212. The topological polar surface area (TPSA) is 71.4 Å². The lowest BCUT2D eigenvalue weighted by Crippen LogP contribution is -2.38. The average molecular weight is 408 g/mol. The standard InChI is InChI=1S/C18H21N3O4S2/c1-20-15-5-3-2-4-14(15)17(18-16(6-13-26-18)27(20,22)23)19-25-12-9-21-7-10-24-11-8-21/h2-6,13H,7-12H2,1H3/b19-17+. The van der Waals surface area contributed by atoms with Gasteiger partial charge >= 0.3 is 0 Å². The second kappa shape index (κ2) is 7.59. The highest BCUT2D eigenvalue weighted by Crippen LogP contribution is 2.36. The maximum absolute atomic E-state index is 12.9. The summed E-state index contributed by atoms with van der Waals surface area (Å²) in [7, 11) is -2.06. The fraction of sp³-hybridized carbons (Fsp3) is 0.389. The lowest BCUT2D eigenvalue weighted by Gasteiger charge is -2.25. The number of fused-ring (bicyclic) bond motifs is 2. The van der Waals surface area contributed by atoms with Crippen molar-refractivity contribution in [3.8, 4) is 0 Å². The molecule has 1 aromatic heterocycles. The van der Waals surface area contributed by atoms with Gasteiger partial charge in [-0.15, -0.1) is 11.3 Å². The number of ether oxygens (including phenoxy) is 1. The molecular formula is C18H21N3O4S2. The van der Waals surface area contributed by atoms with E-state index in [2.05, 4.69) is 10.1 Å². The van der Waals surface area contributed by atoms with E-state index in [0.717, 1.165) is 38.4 Å². The van der Waals surface area contributed by atoms with Gasteiger partial charge in [-0.05, 0) is 17.5 Å². The molecule has 27 heavy (non-hydrogen) atoms. The predicted octanol–water partition coefficient (Wildman–Crippen LogP) is 1.99. The average Bonchev–Trinajstić information content (AvgIpc) is 3.16. The third kappa shape index (κ3) is 3.47. The first-order valence-electron chi connectivity index (χ1n) is 8.75. The number of anilines is 1. The third-order valence-corrected chi connectivity index (χ3v) is 7.60. The van der Waals surface area contributed by atoms with Crippen molar-refractivity contribution < 1.29 is 18.0 Å². The number of para-hydroxylation sites is 1. The first kappa shape index (κ1) is 18.4. The SMILES string of the molecule is CN1c2ccccc2/C(=N\OCCN2CCOCC2)c2sccc2S1(=O)=O. The van der Waals surface area contributed by atoms with Gasteiger partial charge in [0.2, 0.25) is 0 Å². The number of oxime groups is 1. The van der Waals surface area contributed by atoms with Gasteiger partial charge in [0.05, 0.1) is 23.8 Å².